The molecule has 1 N–H and O–H groups in total. The van der Waals surface area contributed by atoms with E-state index >= 15 is 0 Å². The van der Waals surface area contributed by atoms with Gasteiger partial charge in [-0.3, -0.25) is 0 Å². The normalized spacial score (nSPS) is 10.2. The topological polar surface area (TPSA) is 46.8 Å². The number of ether oxygens (including phenoxy) is 1. The van der Waals surface area contributed by atoms with Crippen LogP contribution in [0.3, 0.4) is 0 Å². The lowest BCUT2D eigenvalue weighted by Crippen LogP contribution is -1.94. The molecule has 0 saturated carbocycles. The standard InChI is InChI=1S/C12H16N2O2S.C2H6/c1-9-7-13-12-6-10(16-2)11(8-14(9)12)17-5-3-4-15;1-2/h6-8,15H,3-5H2,1-2H3;1-2H3. The maximum Gasteiger partial charge on any atom is 0.140 e. The molecule has 0 fully saturated rings. The molecule has 0 aliphatic rings. The second-order valence-electron chi connectivity index (χ2n) is 3.76. The van der Waals surface area contributed by atoms with Crippen LogP contribution in [0.1, 0.15) is 26.0 Å². The Labute approximate surface area is 118 Å². The molecule has 4 nitrogen and oxygen atoms in total. The number of aromatic nitrogens is 2. The van der Waals surface area contributed by atoms with Gasteiger partial charge in [0.25, 0.3) is 0 Å². The van der Waals surface area contributed by atoms with Crippen LogP contribution in [0.15, 0.2) is 23.4 Å². The number of hydrogen-bond donors (Lipinski definition) is 1. The Bertz CT molecular complexity index is 511. The van der Waals surface area contributed by atoms with E-state index in [1.807, 2.05) is 43.6 Å². The van der Waals surface area contributed by atoms with Gasteiger partial charge < -0.3 is 14.2 Å². The molecule has 106 valence electrons. The van der Waals surface area contributed by atoms with Gasteiger partial charge in [0.05, 0.1) is 12.0 Å². The van der Waals surface area contributed by atoms with Gasteiger partial charge >= 0.3 is 0 Å². The summed E-state index contributed by atoms with van der Waals surface area (Å²) in [5.41, 5.74) is 2.00. The van der Waals surface area contributed by atoms with Crippen LogP contribution >= 0.6 is 11.8 Å². The summed E-state index contributed by atoms with van der Waals surface area (Å²) in [5.74, 6) is 1.72. The average molecular weight is 282 g/mol. The summed E-state index contributed by atoms with van der Waals surface area (Å²) < 4.78 is 7.40. The Morgan fingerprint density at radius 2 is 2.16 bits per heavy atom. The highest BCUT2D eigenvalue weighted by Gasteiger charge is 2.08. The zero-order valence-corrected chi connectivity index (χ0v) is 12.8. The van der Waals surface area contributed by atoms with Crippen molar-refractivity contribution in [3.63, 3.8) is 0 Å². The molecule has 0 aliphatic carbocycles. The molecule has 0 saturated heterocycles. The Morgan fingerprint density at radius 1 is 1.42 bits per heavy atom. The van der Waals surface area contributed by atoms with E-state index in [9.17, 15) is 0 Å². The van der Waals surface area contributed by atoms with E-state index < -0.39 is 0 Å². The third-order valence-corrected chi connectivity index (χ3v) is 3.65. The number of pyridine rings is 1. The van der Waals surface area contributed by atoms with Crippen LogP contribution in [0.2, 0.25) is 0 Å². The number of fused-ring (bicyclic) bond motifs is 1. The fourth-order valence-electron chi connectivity index (χ4n) is 1.62. The first-order chi connectivity index (χ1) is 9.26. The first kappa shape index (κ1) is 15.9. The summed E-state index contributed by atoms with van der Waals surface area (Å²) in [5, 5.41) is 8.79. The van der Waals surface area contributed by atoms with Gasteiger partial charge in [0, 0.05) is 36.5 Å². The lowest BCUT2D eigenvalue weighted by Gasteiger charge is -2.09. The second-order valence-corrected chi connectivity index (χ2v) is 4.90. The Balaban J connectivity index is 0.000000861. The van der Waals surface area contributed by atoms with Gasteiger partial charge in [0.15, 0.2) is 0 Å². The number of imidazole rings is 1. The third-order valence-electron chi connectivity index (χ3n) is 2.54. The summed E-state index contributed by atoms with van der Waals surface area (Å²) in [6.45, 7) is 6.25. The molecule has 0 aliphatic heterocycles. The average Bonchev–Trinajstić information content (AvgIpc) is 2.81. The SMILES string of the molecule is CC.COc1cc2ncc(C)n2cc1SCCCO. The minimum Gasteiger partial charge on any atom is -0.495 e. The summed E-state index contributed by atoms with van der Waals surface area (Å²) >= 11 is 1.69. The van der Waals surface area contributed by atoms with Crippen molar-refractivity contribution in [2.75, 3.05) is 19.5 Å². The monoisotopic (exact) mass is 282 g/mol. The van der Waals surface area contributed by atoms with Crippen LogP contribution in [0, 0.1) is 6.92 Å². The molecule has 0 aromatic carbocycles. The number of thioether (sulfide) groups is 1. The maximum atomic E-state index is 8.79. The number of rotatable bonds is 5. The first-order valence-electron chi connectivity index (χ1n) is 6.51. The first-order valence-corrected chi connectivity index (χ1v) is 7.50. The van der Waals surface area contributed by atoms with Gasteiger partial charge in [-0.25, -0.2) is 4.98 Å². The highest BCUT2D eigenvalue weighted by atomic mass is 32.2. The number of aryl methyl sites for hydroxylation is 1. The molecule has 0 spiro atoms. The van der Waals surface area contributed by atoms with Crippen molar-refractivity contribution in [1.29, 1.82) is 0 Å². The predicted octanol–water partition coefficient (Wildman–Crippen LogP) is 3.15. The Hall–Kier alpha value is -1.20. The van der Waals surface area contributed by atoms with E-state index in [4.69, 9.17) is 9.84 Å². The van der Waals surface area contributed by atoms with Crippen molar-refractivity contribution in [2.24, 2.45) is 0 Å². The molecule has 19 heavy (non-hydrogen) atoms. The molecule has 2 heterocycles. The highest BCUT2D eigenvalue weighted by molar-refractivity contribution is 7.99. The minimum absolute atomic E-state index is 0.224. The van der Waals surface area contributed by atoms with E-state index in [-0.39, 0.29) is 6.61 Å². The zero-order valence-electron chi connectivity index (χ0n) is 12.0. The largest absolute Gasteiger partial charge is 0.495 e. The Kier molecular flexibility index (Phi) is 6.73. The van der Waals surface area contributed by atoms with E-state index in [1.165, 1.54) is 0 Å². The van der Waals surface area contributed by atoms with Gasteiger partial charge in [-0.05, 0) is 13.3 Å². The van der Waals surface area contributed by atoms with Gasteiger partial charge in [0.2, 0.25) is 0 Å². The molecule has 5 heteroatoms. The highest BCUT2D eigenvalue weighted by Crippen LogP contribution is 2.30. The van der Waals surface area contributed by atoms with Crippen LogP contribution < -0.4 is 4.74 Å². The zero-order chi connectivity index (χ0) is 14.3. The number of aliphatic hydroxyl groups is 1. The van der Waals surface area contributed by atoms with Crippen LogP contribution in [-0.2, 0) is 0 Å². The van der Waals surface area contributed by atoms with Crippen molar-refractivity contribution in [3.8, 4) is 5.75 Å². The smallest absolute Gasteiger partial charge is 0.140 e. The molecule has 0 unspecified atom stereocenters. The van der Waals surface area contributed by atoms with E-state index in [1.54, 1.807) is 18.9 Å². The number of methoxy groups -OCH3 is 1. The third kappa shape index (κ3) is 3.88. The molecule has 2 aromatic heterocycles. The number of nitrogens with zero attached hydrogens (tertiary/aromatic N) is 2. The summed E-state index contributed by atoms with van der Waals surface area (Å²) in [4.78, 5) is 5.38. The van der Waals surface area contributed by atoms with Crippen LogP contribution in [-0.4, -0.2) is 34.0 Å². The molecular formula is C14H22N2O2S. The van der Waals surface area contributed by atoms with Crippen molar-refractivity contribution in [3.05, 3.63) is 24.2 Å². The second kappa shape index (κ2) is 8.07. The minimum atomic E-state index is 0.224. The molecule has 0 bridgehead atoms. The van der Waals surface area contributed by atoms with Crippen molar-refractivity contribution >= 4 is 17.4 Å². The number of aliphatic hydroxyl groups excluding tert-OH is 1. The molecule has 0 radical (unpaired) electrons. The maximum absolute atomic E-state index is 8.79. The van der Waals surface area contributed by atoms with Crippen LogP contribution in [0.25, 0.3) is 5.65 Å². The summed E-state index contributed by atoms with van der Waals surface area (Å²) in [7, 11) is 1.66. The molecule has 0 atom stereocenters. The molecular weight excluding hydrogens is 260 g/mol. The van der Waals surface area contributed by atoms with Crippen molar-refractivity contribution in [2.45, 2.75) is 32.1 Å². The van der Waals surface area contributed by atoms with Crippen LogP contribution in [0.5, 0.6) is 5.75 Å². The van der Waals surface area contributed by atoms with Gasteiger partial charge in [0.1, 0.15) is 11.4 Å². The molecule has 2 aromatic rings. The van der Waals surface area contributed by atoms with Crippen molar-refractivity contribution in [1.82, 2.24) is 9.38 Å². The van der Waals surface area contributed by atoms with E-state index in [0.29, 0.717) is 0 Å². The van der Waals surface area contributed by atoms with Crippen molar-refractivity contribution < 1.29 is 9.84 Å². The summed E-state index contributed by atoms with van der Waals surface area (Å²) in [6, 6.07) is 1.94. The summed E-state index contributed by atoms with van der Waals surface area (Å²) in [6.07, 6.45) is 4.67. The van der Waals surface area contributed by atoms with Crippen LogP contribution in [0.4, 0.5) is 0 Å². The van der Waals surface area contributed by atoms with Gasteiger partial charge in [-0.15, -0.1) is 11.8 Å². The van der Waals surface area contributed by atoms with E-state index in [2.05, 4.69) is 4.98 Å². The van der Waals surface area contributed by atoms with E-state index in [0.717, 1.165) is 34.2 Å². The van der Waals surface area contributed by atoms with Gasteiger partial charge in [-0.2, -0.15) is 0 Å². The van der Waals surface area contributed by atoms with Gasteiger partial charge in [-0.1, -0.05) is 13.8 Å². The molecule has 2 rings (SSSR count). The Morgan fingerprint density at radius 3 is 2.79 bits per heavy atom. The lowest BCUT2D eigenvalue weighted by molar-refractivity contribution is 0.296. The predicted molar refractivity (Wildman–Crippen MR) is 80.3 cm³/mol. The quantitative estimate of drug-likeness (QED) is 0.676. The fourth-order valence-corrected chi connectivity index (χ4v) is 2.58. The lowest BCUT2D eigenvalue weighted by atomic mass is 10.4. The molecule has 0 amide bonds. The number of hydrogen-bond acceptors (Lipinski definition) is 4. The fraction of sp³-hybridized carbons (Fsp3) is 0.500.